The van der Waals surface area contributed by atoms with Gasteiger partial charge in [-0.25, -0.2) is 4.79 Å². The summed E-state index contributed by atoms with van der Waals surface area (Å²) in [6.07, 6.45) is 1.85. The summed E-state index contributed by atoms with van der Waals surface area (Å²) < 4.78 is 5.49. The van der Waals surface area contributed by atoms with Crippen LogP contribution in [0.2, 0.25) is 0 Å². The molecule has 2 aromatic rings. The Labute approximate surface area is 187 Å². The molecule has 168 valence electrons. The molecule has 5 heteroatoms. The Morgan fingerprint density at radius 1 is 1.03 bits per heavy atom. The van der Waals surface area contributed by atoms with Crippen molar-refractivity contribution < 1.29 is 9.53 Å². The van der Waals surface area contributed by atoms with Crippen molar-refractivity contribution >= 4 is 6.09 Å². The number of nitrogens with one attached hydrogen (secondary N) is 1. The van der Waals surface area contributed by atoms with E-state index in [4.69, 9.17) is 4.74 Å². The molecule has 31 heavy (non-hydrogen) atoms. The maximum absolute atomic E-state index is 12.2. The summed E-state index contributed by atoms with van der Waals surface area (Å²) in [4.78, 5) is 16.6. The van der Waals surface area contributed by atoms with E-state index in [1.165, 1.54) is 11.1 Å². The van der Waals surface area contributed by atoms with Gasteiger partial charge >= 0.3 is 6.09 Å². The van der Waals surface area contributed by atoms with Gasteiger partial charge in [0.15, 0.2) is 0 Å². The van der Waals surface area contributed by atoms with Crippen LogP contribution in [0.15, 0.2) is 60.7 Å². The predicted octanol–water partition coefficient (Wildman–Crippen LogP) is 4.68. The van der Waals surface area contributed by atoms with Gasteiger partial charge in [-0.3, -0.25) is 4.90 Å². The molecule has 1 amide bonds. The van der Waals surface area contributed by atoms with E-state index in [1.54, 1.807) is 0 Å². The summed E-state index contributed by atoms with van der Waals surface area (Å²) in [5, 5.41) is 3.64. The van der Waals surface area contributed by atoms with Crippen molar-refractivity contribution in [3.63, 3.8) is 0 Å². The molecule has 1 saturated heterocycles. The lowest BCUT2D eigenvalue weighted by atomic mass is 10.1. The molecule has 1 fully saturated rings. The second-order valence-corrected chi connectivity index (χ2v) is 9.40. The molecule has 1 N–H and O–H groups in total. The first kappa shape index (κ1) is 23.3. The first-order chi connectivity index (χ1) is 14.9. The summed E-state index contributed by atoms with van der Waals surface area (Å²) in [7, 11) is 0. The second-order valence-electron chi connectivity index (χ2n) is 9.40. The highest BCUT2D eigenvalue weighted by atomic mass is 16.6. The minimum absolute atomic E-state index is 0.200. The molecule has 5 nitrogen and oxygen atoms in total. The molecular formula is C26H37N3O2. The van der Waals surface area contributed by atoms with E-state index in [9.17, 15) is 4.79 Å². The van der Waals surface area contributed by atoms with Crippen LogP contribution in [0.3, 0.4) is 0 Å². The van der Waals surface area contributed by atoms with Gasteiger partial charge in [-0.1, -0.05) is 60.7 Å². The van der Waals surface area contributed by atoms with Gasteiger partial charge in [0.25, 0.3) is 0 Å². The van der Waals surface area contributed by atoms with Crippen LogP contribution in [-0.2, 0) is 17.8 Å². The minimum Gasteiger partial charge on any atom is -0.444 e. The number of likely N-dealkylation sites (tertiary alicyclic amines) is 1. The van der Waals surface area contributed by atoms with Gasteiger partial charge in [-0.05, 0) is 51.3 Å². The van der Waals surface area contributed by atoms with E-state index in [0.717, 1.165) is 52.1 Å². The predicted molar refractivity (Wildman–Crippen MR) is 126 cm³/mol. The lowest BCUT2D eigenvalue weighted by Gasteiger charge is -2.25. The molecule has 1 atom stereocenters. The van der Waals surface area contributed by atoms with Crippen molar-refractivity contribution in [2.24, 2.45) is 0 Å². The van der Waals surface area contributed by atoms with Gasteiger partial charge < -0.3 is 15.0 Å². The Morgan fingerprint density at radius 2 is 1.61 bits per heavy atom. The highest BCUT2D eigenvalue weighted by Crippen LogP contribution is 2.15. The first-order valence-corrected chi connectivity index (χ1v) is 11.4. The molecule has 1 aliphatic rings. The summed E-state index contributed by atoms with van der Waals surface area (Å²) in [5.41, 5.74) is 2.24. The fraction of sp³-hybridized carbons (Fsp3) is 0.500. The molecule has 3 rings (SSSR count). The molecular weight excluding hydrogens is 386 g/mol. The Morgan fingerprint density at radius 3 is 2.16 bits per heavy atom. The van der Waals surface area contributed by atoms with Crippen molar-refractivity contribution in [2.45, 2.75) is 58.3 Å². The van der Waals surface area contributed by atoms with Gasteiger partial charge in [0.1, 0.15) is 5.60 Å². The van der Waals surface area contributed by atoms with E-state index in [0.29, 0.717) is 6.04 Å². The molecule has 0 aliphatic carbocycles. The van der Waals surface area contributed by atoms with Crippen LogP contribution in [0, 0.1) is 0 Å². The Hall–Kier alpha value is -2.37. The van der Waals surface area contributed by atoms with Crippen LogP contribution in [0.1, 0.15) is 44.7 Å². The monoisotopic (exact) mass is 423 g/mol. The third-order valence-electron chi connectivity index (χ3n) is 5.42. The fourth-order valence-corrected chi connectivity index (χ4v) is 3.93. The van der Waals surface area contributed by atoms with Crippen LogP contribution in [0.5, 0.6) is 0 Å². The maximum Gasteiger partial charge on any atom is 0.410 e. The smallest absolute Gasteiger partial charge is 0.410 e. The number of nitrogens with zero attached hydrogens (tertiary/aromatic N) is 2. The van der Waals surface area contributed by atoms with Crippen LogP contribution in [0.4, 0.5) is 4.79 Å². The van der Waals surface area contributed by atoms with Gasteiger partial charge in [-0.15, -0.1) is 0 Å². The molecule has 0 bridgehead atoms. The van der Waals surface area contributed by atoms with E-state index in [-0.39, 0.29) is 6.09 Å². The van der Waals surface area contributed by atoms with E-state index in [2.05, 4.69) is 70.9 Å². The number of rotatable bonds is 9. The number of amides is 1. The molecule has 0 saturated carbocycles. The molecule has 0 spiro atoms. The van der Waals surface area contributed by atoms with Gasteiger partial charge in [0.2, 0.25) is 0 Å². The Balaban J connectivity index is 1.43. The number of ether oxygens (including phenoxy) is 1. The molecule has 1 heterocycles. The standard InChI is InChI=1S/C26H37N3O2/c1-26(2,3)31-25(30)29-18-15-24(21-29)27-16-10-17-28(19-22-11-6-4-7-12-22)20-23-13-8-5-9-14-23/h4-9,11-14,24,27H,10,15-21H2,1-3H3. The fourth-order valence-electron chi connectivity index (χ4n) is 3.93. The summed E-state index contributed by atoms with van der Waals surface area (Å²) in [6, 6.07) is 21.7. The number of carbonyl (C=O) groups excluding carboxylic acids is 1. The average molecular weight is 424 g/mol. The van der Waals surface area contributed by atoms with Crippen molar-refractivity contribution in [3.8, 4) is 0 Å². The number of hydrogen-bond acceptors (Lipinski definition) is 4. The molecule has 0 aromatic heterocycles. The Kier molecular flexibility index (Phi) is 8.50. The van der Waals surface area contributed by atoms with Gasteiger partial charge in [-0.2, -0.15) is 0 Å². The van der Waals surface area contributed by atoms with Crippen LogP contribution >= 0.6 is 0 Å². The lowest BCUT2D eigenvalue weighted by molar-refractivity contribution is 0.0291. The zero-order valence-corrected chi connectivity index (χ0v) is 19.2. The topological polar surface area (TPSA) is 44.8 Å². The average Bonchev–Trinajstić information content (AvgIpc) is 3.21. The van der Waals surface area contributed by atoms with Gasteiger partial charge in [0.05, 0.1) is 0 Å². The van der Waals surface area contributed by atoms with Crippen molar-refractivity contribution in [1.29, 1.82) is 0 Å². The normalized spacial score (nSPS) is 16.6. The van der Waals surface area contributed by atoms with E-state index in [1.807, 2.05) is 25.7 Å². The summed E-state index contributed by atoms with van der Waals surface area (Å²) >= 11 is 0. The van der Waals surface area contributed by atoms with Crippen LogP contribution in [-0.4, -0.2) is 53.7 Å². The van der Waals surface area contributed by atoms with Crippen molar-refractivity contribution in [3.05, 3.63) is 71.8 Å². The van der Waals surface area contributed by atoms with Crippen molar-refractivity contribution in [2.75, 3.05) is 26.2 Å². The molecule has 1 aliphatic heterocycles. The minimum atomic E-state index is -0.441. The number of carbonyl (C=O) groups is 1. The molecule has 0 radical (unpaired) electrons. The van der Waals surface area contributed by atoms with Crippen LogP contribution < -0.4 is 5.32 Å². The quantitative estimate of drug-likeness (QED) is 0.595. The van der Waals surface area contributed by atoms with Crippen molar-refractivity contribution in [1.82, 2.24) is 15.1 Å². The number of hydrogen-bond donors (Lipinski definition) is 1. The molecule has 1 unspecified atom stereocenters. The first-order valence-electron chi connectivity index (χ1n) is 11.4. The van der Waals surface area contributed by atoms with Crippen LogP contribution in [0.25, 0.3) is 0 Å². The summed E-state index contributed by atoms with van der Waals surface area (Å²) in [6.45, 7) is 11.1. The highest BCUT2D eigenvalue weighted by molar-refractivity contribution is 5.68. The van der Waals surface area contributed by atoms with E-state index >= 15 is 0 Å². The zero-order valence-electron chi connectivity index (χ0n) is 19.2. The summed E-state index contributed by atoms with van der Waals surface area (Å²) in [5.74, 6) is 0. The number of benzene rings is 2. The van der Waals surface area contributed by atoms with E-state index < -0.39 is 5.60 Å². The third kappa shape index (κ3) is 8.35. The maximum atomic E-state index is 12.2. The molecule has 2 aromatic carbocycles. The highest BCUT2D eigenvalue weighted by Gasteiger charge is 2.29. The van der Waals surface area contributed by atoms with Gasteiger partial charge in [0, 0.05) is 38.8 Å². The lowest BCUT2D eigenvalue weighted by Crippen LogP contribution is -2.39. The Bertz CT molecular complexity index is 748. The third-order valence-corrected chi connectivity index (χ3v) is 5.42. The zero-order chi connectivity index (χ0) is 22.1. The second kappa shape index (κ2) is 11.3. The largest absolute Gasteiger partial charge is 0.444 e. The SMILES string of the molecule is CC(C)(C)OC(=O)N1CCC(NCCCN(Cc2ccccc2)Cc2ccccc2)C1.